The van der Waals surface area contributed by atoms with Crippen molar-refractivity contribution in [1.29, 1.82) is 0 Å². The van der Waals surface area contributed by atoms with Gasteiger partial charge < -0.3 is 20.1 Å². The van der Waals surface area contributed by atoms with E-state index in [9.17, 15) is 9.50 Å². The molecule has 0 aromatic rings. The van der Waals surface area contributed by atoms with Crippen LogP contribution in [0, 0.1) is 0 Å². The summed E-state index contributed by atoms with van der Waals surface area (Å²) in [4.78, 5) is 2.33. The summed E-state index contributed by atoms with van der Waals surface area (Å²) in [6.45, 7) is -0.516. The van der Waals surface area contributed by atoms with Gasteiger partial charge in [-0.1, -0.05) is 5.11 Å². The fourth-order valence-corrected chi connectivity index (χ4v) is 1.20. The predicted octanol–water partition coefficient (Wildman–Crippen LogP) is -0.926. The predicted molar refractivity (Wildman–Crippen MR) is 41.8 cm³/mol. The first-order valence-electron chi connectivity index (χ1n) is 3.92. The van der Waals surface area contributed by atoms with Crippen molar-refractivity contribution < 1.29 is 24.4 Å². The first-order chi connectivity index (χ1) is 6.57. The van der Waals surface area contributed by atoms with Crippen molar-refractivity contribution in [3.8, 4) is 0 Å². The van der Waals surface area contributed by atoms with E-state index in [1.165, 1.54) is 0 Å². The first-order valence-corrected chi connectivity index (χ1v) is 3.92. The number of halogens is 1. The molecule has 0 aromatic heterocycles. The van der Waals surface area contributed by atoms with Crippen LogP contribution in [0.2, 0.25) is 0 Å². The van der Waals surface area contributed by atoms with Crippen molar-refractivity contribution in [2.45, 2.75) is 30.8 Å². The maximum atomic E-state index is 13.1. The van der Waals surface area contributed by atoms with E-state index >= 15 is 0 Å². The molecule has 1 heterocycles. The molecule has 80 valence electrons. The second-order valence-electron chi connectivity index (χ2n) is 2.90. The van der Waals surface area contributed by atoms with Crippen LogP contribution in [0.5, 0.6) is 0 Å². The maximum Gasteiger partial charge on any atom is 0.184 e. The number of alkyl halides is 1. The number of aliphatic hydroxyl groups is 3. The van der Waals surface area contributed by atoms with E-state index in [1.54, 1.807) is 0 Å². The Morgan fingerprint density at radius 2 is 2.07 bits per heavy atom. The molecule has 0 aliphatic carbocycles. The molecule has 5 atom stereocenters. The lowest BCUT2D eigenvalue weighted by Gasteiger charge is -2.16. The van der Waals surface area contributed by atoms with Crippen LogP contribution >= 0.6 is 0 Å². The molecule has 14 heavy (non-hydrogen) atoms. The molecule has 0 aromatic carbocycles. The molecule has 1 saturated heterocycles. The van der Waals surface area contributed by atoms with Gasteiger partial charge in [0.2, 0.25) is 0 Å². The Morgan fingerprint density at radius 3 is 2.50 bits per heavy atom. The summed E-state index contributed by atoms with van der Waals surface area (Å²) in [5.41, 5.74) is 7.92. The monoisotopic (exact) mass is 207 g/mol. The first kappa shape index (κ1) is 11.2. The molecule has 0 bridgehead atoms. The zero-order valence-corrected chi connectivity index (χ0v) is 7.06. The summed E-state index contributed by atoms with van der Waals surface area (Å²) >= 11 is 0. The Morgan fingerprint density at radius 1 is 1.43 bits per heavy atom. The zero-order chi connectivity index (χ0) is 10.7. The third kappa shape index (κ3) is 2.11. The minimum absolute atomic E-state index is 0.516. The van der Waals surface area contributed by atoms with E-state index in [-0.39, 0.29) is 0 Å². The van der Waals surface area contributed by atoms with Gasteiger partial charge in [-0.2, -0.15) is 0 Å². The van der Waals surface area contributed by atoms with Crippen molar-refractivity contribution >= 4 is 0 Å². The molecule has 0 spiro atoms. The van der Waals surface area contributed by atoms with E-state index in [2.05, 4.69) is 14.8 Å². The second-order valence-corrected chi connectivity index (χ2v) is 2.90. The molecule has 0 saturated carbocycles. The quantitative estimate of drug-likeness (QED) is 0.314. The maximum absolute atomic E-state index is 13.1. The van der Waals surface area contributed by atoms with Crippen LogP contribution in [-0.2, 0) is 4.74 Å². The van der Waals surface area contributed by atoms with Gasteiger partial charge in [-0.25, -0.2) is 4.39 Å². The number of ether oxygens (including phenoxy) is 1. The lowest BCUT2D eigenvalue weighted by Crippen LogP contribution is -2.38. The van der Waals surface area contributed by atoms with E-state index < -0.39 is 37.3 Å². The lowest BCUT2D eigenvalue weighted by atomic mass is 10.1. The van der Waals surface area contributed by atoms with Gasteiger partial charge in [0.25, 0.3) is 0 Å². The van der Waals surface area contributed by atoms with Gasteiger partial charge in [-0.15, -0.1) is 0 Å². The Kier molecular flexibility index (Phi) is 3.62. The molecule has 8 heteroatoms. The Labute approximate surface area is 78.4 Å². The molecular weight excluding hydrogens is 197 g/mol. The number of hydrogen-bond acceptors (Lipinski definition) is 5. The molecule has 3 N–H and O–H groups in total. The minimum Gasteiger partial charge on any atom is -0.387 e. The van der Waals surface area contributed by atoms with Crippen molar-refractivity contribution in [3.63, 3.8) is 0 Å². The average Bonchev–Trinajstić information content (AvgIpc) is 2.42. The normalized spacial score (nSPS) is 39.1. The van der Waals surface area contributed by atoms with Crippen LogP contribution in [0.3, 0.4) is 0 Å². The van der Waals surface area contributed by atoms with E-state index in [0.29, 0.717) is 0 Å². The fourth-order valence-electron chi connectivity index (χ4n) is 1.20. The zero-order valence-electron chi connectivity index (χ0n) is 7.06. The smallest absolute Gasteiger partial charge is 0.184 e. The molecule has 1 unspecified atom stereocenters. The number of aliphatic hydroxyl groups excluding tert-OH is 3. The fraction of sp³-hybridized carbons (Fsp3) is 1.00. The lowest BCUT2D eigenvalue weighted by molar-refractivity contribution is -0.136. The molecule has 1 rings (SSSR count). The van der Waals surface area contributed by atoms with Crippen molar-refractivity contribution in [1.82, 2.24) is 0 Å². The molecule has 7 nitrogen and oxygen atoms in total. The summed E-state index contributed by atoms with van der Waals surface area (Å²) < 4.78 is 17.7. The van der Waals surface area contributed by atoms with Crippen molar-refractivity contribution in [3.05, 3.63) is 10.4 Å². The molecule has 1 aliphatic rings. The standard InChI is InChI=1S/C6H10FN3O4/c7-2(1-9-10-8)5-3(11)4(12)6(13)14-5/h2-6,11-13H,1H2/t2-,3+,4+,5+,6?/m0/s1. The summed E-state index contributed by atoms with van der Waals surface area (Å²) in [6.07, 6.45) is -7.80. The molecule has 1 aliphatic heterocycles. The Bertz CT molecular complexity index is 247. The summed E-state index contributed by atoms with van der Waals surface area (Å²) in [6, 6.07) is 0. The van der Waals surface area contributed by atoms with Gasteiger partial charge in [-0.05, 0) is 5.53 Å². The van der Waals surface area contributed by atoms with Gasteiger partial charge >= 0.3 is 0 Å². The van der Waals surface area contributed by atoms with Gasteiger partial charge in [0.15, 0.2) is 6.29 Å². The largest absolute Gasteiger partial charge is 0.387 e. The average molecular weight is 207 g/mol. The summed E-state index contributed by atoms with van der Waals surface area (Å²) in [5.74, 6) is 0. The Balaban J connectivity index is 2.56. The third-order valence-corrected chi connectivity index (χ3v) is 1.95. The second kappa shape index (κ2) is 4.54. The SMILES string of the molecule is [N-]=[N+]=NC[C@H](F)[C@H]1OC(O)[C@H](O)[C@H]1O. The topological polar surface area (TPSA) is 119 Å². The van der Waals surface area contributed by atoms with Gasteiger partial charge in [-0.3, -0.25) is 0 Å². The van der Waals surface area contributed by atoms with Gasteiger partial charge in [0.05, 0.1) is 6.54 Å². The summed E-state index contributed by atoms with van der Waals surface area (Å²) in [7, 11) is 0. The number of azide groups is 1. The summed E-state index contributed by atoms with van der Waals surface area (Å²) in [5, 5.41) is 30.1. The number of hydrogen-bond donors (Lipinski definition) is 3. The van der Waals surface area contributed by atoms with Crippen LogP contribution in [0.4, 0.5) is 4.39 Å². The van der Waals surface area contributed by atoms with E-state index in [0.717, 1.165) is 0 Å². The molecule has 0 amide bonds. The molecule has 1 fully saturated rings. The van der Waals surface area contributed by atoms with Crippen LogP contribution in [0.15, 0.2) is 5.11 Å². The number of rotatable bonds is 3. The Hall–Kier alpha value is -0.920. The van der Waals surface area contributed by atoms with Crippen molar-refractivity contribution in [2.75, 3.05) is 6.54 Å². The number of nitrogens with zero attached hydrogens (tertiary/aromatic N) is 3. The van der Waals surface area contributed by atoms with Crippen LogP contribution in [-0.4, -0.2) is 52.6 Å². The van der Waals surface area contributed by atoms with Crippen LogP contribution < -0.4 is 0 Å². The third-order valence-electron chi connectivity index (χ3n) is 1.95. The minimum atomic E-state index is -1.76. The molecular formula is C6H10FN3O4. The highest BCUT2D eigenvalue weighted by Gasteiger charge is 2.45. The highest BCUT2D eigenvalue weighted by Crippen LogP contribution is 2.23. The highest BCUT2D eigenvalue weighted by atomic mass is 19.1. The van der Waals surface area contributed by atoms with Gasteiger partial charge in [0.1, 0.15) is 24.5 Å². The highest BCUT2D eigenvalue weighted by molar-refractivity contribution is 4.90. The van der Waals surface area contributed by atoms with Crippen LogP contribution in [0.25, 0.3) is 10.4 Å². The van der Waals surface area contributed by atoms with Crippen LogP contribution in [0.1, 0.15) is 0 Å². The van der Waals surface area contributed by atoms with Crippen molar-refractivity contribution in [2.24, 2.45) is 5.11 Å². The van der Waals surface area contributed by atoms with E-state index in [4.69, 9.17) is 15.7 Å². The molecule has 0 radical (unpaired) electrons. The van der Waals surface area contributed by atoms with E-state index in [1.807, 2.05) is 0 Å². The van der Waals surface area contributed by atoms with Gasteiger partial charge in [0, 0.05) is 4.91 Å².